The second kappa shape index (κ2) is 6.52. The summed E-state index contributed by atoms with van der Waals surface area (Å²) in [5.41, 5.74) is 0.462. The van der Waals surface area contributed by atoms with E-state index in [1.807, 2.05) is 0 Å². The number of amides is 1. The number of hydrogen-bond acceptors (Lipinski definition) is 3. The van der Waals surface area contributed by atoms with Gasteiger partial charge in [0.25, 0.3) is 0 Å². The van der Waals surface area contributed by atoms with Crippen LogP contribution >= 0.6 is 0 Å². The Bertz CT molecular complexity index is 445. The minimum Gasteiger partial charge on any atom is -0.491 e. The Balaban J connectivity index is 1.91. The van der Waals surface area contributed by atoms with Gasteiger partial charge in [0.1, 0.15) is 0 Å². The van der Waals surface area contributed by atoms with Crippen molar-refractivity contribution in [2.24, 2.45) is 0 Å². The Hall–Kier alpha value is -1.62. The van der Waals surface area contributed by atoms with Crippen LogP contribution in [0.2, 0.25) is 0 Å². The summed E-state index contributed by atoms with van der Waals surface area (Å²) in [5.74, 6) is -0.348. The Labute approximate surface area is 112 Å². The minimum atomic E-state index is -0.460. The van der Waals surface area contributed by atoms with Gasteiger partial charge in [-0.2, -0.15) is 0 Å². The van der Waals surface area contributed by atoms with Crippen LogP contribution in [-0.2, 0) is 4.79 Å². The maximum absolute atomic E-state index is 13.6. The molecule has 0 saturated carbocycles. The van der Waals surface area contributed by atoms with Gasteiger partial charge in [-0.15, -0.1) is 0 Å². The Morgan fingerprint density at radius 2 is 2.42 bits per heavy atom. The monoisotopic (exact) mass is 266 g/mol. The fourth-order valence-electron chi connectivity index (χ4n) is 2.22. The summed E-state index contributed by atoms with van der Waals surface area (Å²) < 4.78 is 18.7. The van der Waals surface area contributed by atoms with Crippen molar-refractivity contribution in [3.8, 4) is 5.75 Å². The largest absolute Gasteiger partial charge is 0.491 e. The molecular weight excluding hydrogens is 247 g/mol. The van der Waals surface area contributed by atoms with Gasteiger partial charge in [-0.25, -0.2) is 4.39 Å². The molecule has 1 fully saturated rings. The van der Waals surface area contributed by atoms with Crippen molar-refractivity contribution in [2.45, 2.75) is 32.2 Å². The average Bonchev–Trinajstić information content (AvgIpc) is 2.85. The lowest BCUT2D eigenvalue weighted by Gasteiger charge is -2.11. The zero-order valence-corrected chi connectivity index (χ0v) is 11.0. The van der Waals surface area contributed by atoms with Crippen LogP contribution < -0.4 is 15.4 Å². The van der Waals surface area contributed by atoms with E-state index in [-0.39, 0.29) is 17.7 Å². The molecule has 1 saturated heterocycles. The van der Waals surface area contributed by atoms with Gasteiger partial charge in [-0.1, -0.05) is 0 Å². The molecule has 1 aliphatic rings. The second-order valence-corrected chi connectivity index (χ2v) is 4.62. The molecule has 2 N–H and O–H groups in total. The van der Waals surface area contributed by atoms with Crippen LogP contribution in [0.1, 0.15) is 26.2 Å². The van der Waals surface area contributed by atoms with Crippen molar-refractivity contribution >= 4 is 11.6 Å². The molecule has 104 valence electrons. The van der Waals surface area contributed by atoms with Gasteiger partial charge in [-0.05, 0) is 38.4 Å². The van der Waals surface area contributed by atoms with Crippen LogP contribution in [0.25, 0.3) is 0 Å². The summed E-state index contributed by atoms with van der Waals surface area (Å²) in [5, 5.41) is 5.96. The summed E-state index contributed by atoms with van der Waals surface area (Å²) in [7, 11) is 0. The normalized spacial score (nSPS) is 18.3. The Morgan fingerprint density at radius 3 is 3.05 bits per heavy atom. The lowest BCUT2D eigenvalue weighted by Crippen LogP contribution is -2.27. The highest BCUT2D eigenvalue weighted by molar-refractivity contribution is 5.91. The Kier molecular flexibility index (Phi) is 4.74. The maximum Gasteiger partial charge on any atom is 0.225 e. The van der Waals surface area contributed by atoms with Gasteiger partial charge < -0.3 is 15.4 Å². The first-order valence-electron chi connectivity index (χ1n) is 6.64. The van der Waals surface area contributed by atoms with E-state index in [4.69, 9.17) is 4.74 Å². The molecule has 1 aliphatic heterocycles. The van der Waals surface area contributed by atoms with E-state index in [0.717, 1.165) is 19.4 Å². The third kappa shape index (κ3) is 3.92. The van der Waals surface area contributed by atoms with Crippen LogP contribution in [0.15, 0.2) is 18.2 Å². The number of hydrogen-bond donors (Lipinski definition) is 2. The first kappa shape index (κ1) is 13.8. The first-order chi connectivity index (χ1) is 9.19. The van der Waals surface area contributed by atoms with Gasteiger partial charge >= 0.3 is 0 Å². The predicted molar refractivity (Wildman–Crippen MR) is 71.8 cm³/mol. The molecule has 19 heavy (non-hydrogen) atoms. The zero-order valence-electron chi connectivity index (χ0n) is 11.0. The van der Waals surface area contributed by atoms with Crippen LogP contribution in [0.4, 0.5) is 10.1 Å². The molecule has 2 rings (SSSR count). The number of benzene rings is 1. The summed E-state index contributed by atoms with van der Waals surface area (Å²) in [4.78, 5) is 11.8. The molecule has 0 spiro atoms. The van der Waals surface area contributed by atoms with Crippen molar-refractivity contribution in [3.63, 3.8) is 0 Å². The number of nitrogens with one attached hydrogen (secondary N) is 2. The molecule has 1 amide bonds. The van der Waals surface area contributed by atoms with Crippen molar-refractivity contribution in [1.82, 2.24) is 5.32 Å². The highest BCUT2D eigenvalue weighted by atomic mass is 19.1. The highest BCUT2D eigenvalue weighted by Crippen LogP contribution is 2.21. The van der Waals surface area contributed by atoms with Gasteiger partial charge in [0.15, 0.2) is 11.6 Å². The number of halogens is 1. The summed E-state index contributed by atoms with van der Waals surface area (Å²) >= 11 is 0. The van der Waals surface area contributed by atoms with E-state index in [9.17, 15) is 9.18 Å². The van der Waals surface area contributed by atoms with E-state index in [0.29, 0.717) is 18.7 Å². The van der Waals surface area contributed by atoms with Crippen LogP contribution in [0.5, 0.6) is 5.75 Å². The maximum atomic E-state index is 13.6. The SMILES string of the molecule is CCOc1ccc(NC(=O)CC2CCCN2)cc1F. The summed E-state index contributed by atoms with van der Waals surface area (Å²) in [6.07, 6.45) is 2.55. The third-order valence-electron chi connectivity index (χ3n) is 3.11. The van der Waals surface area contributed by atoms with E-state index in [1.165, 1.54) is 12.1 Å². The molecule has 1 aromatic carbocycles. The summed E-state index contributed by atoms with van der Waals surface area (Å²) in [6.45, 7) is 3.18. The molecular formula is C14H19FN2O2. The fraction of sp³-hybridized carbons (Fsp3) is 0.500. The van der Waals surface area contributed by atoms with Crippen LogP contribution in [-0.4, -0.2) is 25.1 Å². The molecule has 0 bridgehead atoms. The number of carbonyl (C=O) groups is 1. The molecule has 0 aliphatic carbocycles. The smallest absolute Gasteiger partial charge is 0.225 e. The minimum absolute atomic E-state index is 0.0945. The van der Waals surface area contributed by atoms with E-state index in [1.54, 1.807) is 13.0 Å². The van der Waals surface area contributed by atoms with E-state index in [2.05, 4.69) is 10.6 Å². The standard InChI is InChI=1S/C14H19FN2O2/c1-2-19-13-6-5-11(8-12(13)15)17-14(18)9-10-4-3-7-16-10/h5-6,8,10,16H,2-4,7,9H2,1H3,(H,17,18). The third-order valence-corrected chi connectivity index (χ3v) is 3.11. The number of rotatable bonds is 5. The number of anilines is 1. The molecule has 1 unspecified atom stereocenters. The van der Waals surface area contributed by atoms with E-state index < -0.39 is 5.82 Å². The van der Waals surface area contributed by atoms with Crippen molar-refractivity contribution in [1.29, 1.82) is 0 Å². The van der Waals surface area contributed by atoms with Crippen molar-refractivity contribution in [3.05, 3.63) is 24.0 Å². The average molecular weight is 266 g/mol. The van der Waals surface area contributed by atoms with E-state index >= 15 is 0 Å². The molecule has 1 heterocycles. The molecule has 4 nitrogen and oxygen atoms in total. The molecule has 5 heteroatoms. The molecule has 0 aromatic heterocycles. The van der Waals surface area contributed by atoms with Gasteiger partial charge in [0.05, 0.1) is 6.61 Å². The van der Waals surface area contributed by atoms with Crippen molar-refractivity contribution in [2.75, 3.05) is 18.5 Å². The number of carbonyl (C=O) groups excluding carboxylic acids is 1. The van der Waals surface area contributed by atoms with Gasteiger partial charge in [-0.3, -0.25) is 4.79 Å². The van der Waals surface area contributed by atoms with Crippen LogP contribution in [0.3, 0.4) is 0 Å². The number of ether oxygens (including phenoxy) is 1. The fourth-order valence-corrected chi connectivity index (χ4v) is 2.22. The lowest BCUT2D eigenvalue weighted by molar-refractivity contribution is -0.116. The van der Waals surface area contributed by atoms with Crippen LogP contribution in [0, 0.1) is 5.82 Å². The summed E-state index contributed by atoms with van der Waals surface area (Å²) in [6, 6.07) is 4.70. The predicted octanol–water partition coefficient (Wildman–Crippen LogP) is 2.30. The van der Waals surface area contributed by atoms with Crippen molar-refractivity contribution < 1.29 is 13.9 Å². The first-order valence-corrected chi connectivity index (χ1v) is 6.64. The second-order valence-electron chi connectivity index (χ2n) is 4.62. The topological polar surface area (TPSA) is 50.4 Å². The molecule has 0 radical (unpaired) electrons. The quantitative estimate of drug-likeness (QED) is 0.860. The lowest BCUT2D eigenvalue weighted by atomic mass is 10.1. The molecule has 1 atom stereocenters. The zero-order chi connectivity index (χ0) is 13.7. The van der Waals surface area contributed by atoms with Gasteiger partial charge in [0.2, 0.25) is 5.91 Å². The highest BCUT2D eigenvalue weighted by Gasteiger charge is 2.17. The molecule has 1 aromatic rings. The van der Waals surface area contributed by atoms with Gasteiger partial charge in [0, 0.05) is 24.2 Å². The Morgan fingerprint density at radius 1 is 1.58 bits per heavy atom.